The van der Waals surface area contributed by atoms with E-state index in [9.17, 15) is 4.79 Å². The van der Waals surface area contributed by atoms with Gasteiger partial charge in [0.2, 0.25) is 0 Å². The number of aryl methyl sites for hydroxylation is 1. The monoisotopic (exact) mass is 349 g/mol. The van der Waals surface area contributed by atoms with Gasteiger partial charge in [0.05, 0.1) is 17.3 Å². The van der Waals surface area contributed by atoms with Crippen LogP contribution < -0.4 is 5.32 Å². The van der Waals surface area contributed by atoms with E-state index in [4.69, 9.17) is 0 Å². The second-order valence-corrected chi connectivity index (χ2v) is 6.74. The number of urea groups is 1. The molecule has 1 fully saturated rings. The van der Waals surface area contributed by atoms with Crippen LogP contribution in [0.1, 0.15) is 36.6 Å². The molecule has 1 saturated heterocycles. The molecule has 1 aliphatic heterocycles. The van der Waals surface area contributed by atoms with Gasteiger partial charge in [-0.25, -0.2) is 4.79 Å². The number of benzene rings is 1. The molecular weight excluding hydrogens is 326 g/mol. The third kappa shape index (κ3) is 3.14. The van der Waals surface area contributed by atoms with E-state index >= 15 is 0 Å². The van der Waals surface area contributed by atoms with Gasteiger partial charge in [-0.15, -0.1) is 0 Å². The summed E-state index contributed by atoms with van der Waals surface area (Å²) in [5, 5.41) is 8.44. The van der Waals surface area contributed by atoms with Crippen molar-refractivity contribution in [3.05, 3.63) is 60.0 Å². The van der Waals surface area contributed by atoms with Crippen molar-refractivity contribution in [2.75, 3.05) is 6.54 Å². The van der Waals surface area contributed by atoms with Gasteiger partial charge >= 0.3 is 6.03 Å². The van der Waals surface area contributed by atoms with Crippen molar-refractivity contribution < 1.29 is 4.79 Å². The third-order valence-corrected chi connectivity index (χ3v) is 5.11. The summed E-state index contributed by atoms with van der Waals surface area (Å²) in [6, 6.07) is 12.1. The molecule has 0 spiro atoms. The molecule has 0 bridgehead atoms. The van der Waals surface area contributed by atoms with E-state index in [2.05, 4.69) is 15.4 Å². The molecule has 0 unspecified atom stereocenters. The molecule has 134 valence electrons. The molecule has 0 radical (unpaired) electrons. The van der Waals surface area contributed by atoms with E-state index in [0.717, 1.165) is 48.0 Å². The minimum absolute atomic E-state index is 0.0242. The van der Waals surface area contributed by atoms with Crippen molar-refractivity contribution in [1.82, 2.24) is 25.0 Å². The quantitative estimate of drug-likeness (QED) is 0.788. The number of nitrogens with zero attached hydrogens (tertiary/aromatic N) is 4. The number of hydrogen-bond donors (Lipinski definition) is 1. The summed E-state index contributed by atoms with van der Waals surface area (Å²) in [4.78, 5) is 19.3. The second-order valence-electron chi connectivity index (χ2n) is 6.74. The smallest absolute Gasteiger partial charge is 0.318 e. The topological polar surface area (TPSA) is 63.1 Å². The number of carbonyl (C=O) groups is 1. The highest BCUT2D eigenvalue weighted by Crippen LogP contribution is 2.30. The molecule has 6 nitrogen and oxygen atoms in total. The molecule has 3 aromatic rings. The first-order chi connectivity index (χ1) is 12.7. The number of hydrogen-bond acceptors (Lipinski definition) is 3. The van der Waals surface area contributed by atoms with Crippen molar-refractivity contribution in [1.29, 1.82) is 0 Å². The van der Waals surface area contributed by atoms with Crippen LogP contribution in [0, 0.1) is 0 Å². The minimum Gasteiger partial charge on any atom is -0.334 e. The molecular formula is C20H23N5O. The second kappa shape index (κ2) is 7.15. The summed E-state index contributed by atoms with van der Waals surface area (Å²) >= 11 is 0. The van der Waals surface area contributed by atoms with Gasteiger partial charge in [-0.2, -0.15) is 5.10 Å². The predicted octanol–water partition coefficient (Wildman–Crippen LogP) is 3.41. The molecule has 1 N–H and O–H groups in total. The largest absolute Gasteiger partial charge is 0.334 e. The van der Waals surface area contributed by atoms with Gasteiger partial charge in [0, 0.05) is 37.9 Å². The Bertz CT molecular complexity index is 914. The normalized spacial score (nSPS) is 17.4. The van der Waals surface area contributed by atoms with Crippen LogP contribution in [0.15, 0.2) is 48.8 Å². The molecule has 1 aliphatic rings. The SMILES string of the molecule is Cn1nccc1[C@@H]1CCCCN1C(=O)NCc1cccc2cccnc12. The van der Waals surface area contributed by atoms with E-state index in [1.54, 1.807) is 12.4 Å². The number of nitrogens with one attached hydrogen (secondary N) is 1. The fourth-order valence-electron chi connectivity index (χ4n) is 3.78. The Hall–Kier alpha value is -2.89. The fraction of sp³-hybridized carbons (Fsp3) is 0.350. The van der Waals surface area contributed by atoms with E-state index in [-0.39, 0.29) is 12.1 Å². The van der Waals surface area contributed by atoms with Crippen LogP contribution in [-0.2, 0) is 13.6 Å². The number of aromatic nitrogens is 3. The lowest BCUT2D eigenvalue weighted by atomic mass is 9.99. The Morgan fingerprint density at radius 2 is 2.08 bits per heavy atom. The maximum Gasteiger partial charge on any atom is 0.318 e. The summed E-state index contributed by atoms with van der Waals surface area (Å²) in [7, 11) is 1.93. The van der Waals surface area contributed by atoms with Gasteiger partial charge in [0.15, 0.2) is 0 Å². The molecule has 26 heavy (non-hydrogen) atoms. The van der Waals surface area contributed by atoms with Crippen LogP contribution in [0.25, 0.3) is 10.9 Å². The van der Waals surface area contributed by atoms with E-state index in [0.29, 0.717) is 6.54 Å². The number of para-hydroxylation sites is 1. The molecule has 6 heteroatoms. The van der Waals surface area contributed by atoms with Crippen LogP contribution in [-0.4, -0.2) is 32.2 Å². The number of fused-ring (bicyclic) bond motifs is 1. The highest BCUT2D eigenvalue weighted by atomic mass is 16.2. The maximum absolute atomic E-state index is 12.9. The van der Waals surface area contributed by atoms with E-state index < -0.39 is 0 Å². The van der Waals surface area contributed by atoms with Crippen LogP contribution in [0.4, 0.5) is 4.79 Å². The zero-order chi connectivity index (χ0) is 17.9. The van der Waals surface area contributed by atoms with Crippen molar-refractivity contribution in [2.24, 2.45) is 7.05 Å². The maximum atomic E-state index is 12.9. The van der Waals surface area contributed by atoms with Gasteiger partial charge < -0.3 is 10.2 Å². The molecule has 4 rings (SSSR count). The lowest BCUT2D eigenvalue weighted by molar-refractivity contribution is 0.147. The van der Waals surface area contributed by atoms with Crippen molar-refractivity contribution in [3.8, 4) is 0 Å². The summed E-state index contributed by atoms with van der Waals surface area (Å²) in [6.45, 7) is 1.25. The Morgan fingerprint density at radius 3 is 2.92 bits per heavy atom. The zero-order valence-electron chi connectivity index (χ0n) is 14.9. The fourth-order valence-corrected chi connectivity index (χ4v) is 3.78. The van der Waals surface area contributed by atoms with Gasteiger partial charge in [0.25, 0.3) is 0 Å². The number of likely N-dealkylation sites (tertiary alicyclic amines) is 1. The zero-order valence-corrected chi connectivity index (χ0v) is 14.9. The summed E-state index contributed by atoms with van der Waals surface area (Å²) in [5.74, 6) is 0. The van der Waals surface area contributed by atoms with Gasteiger partial charge in [-0.05, 0) is 37.0 Å². The lowest BCUT2D eigenvalue weighted by Crippen LogP contribution is -2.44. The highest BCUT2D eigenvalue weighted by Gasteiger charge is 2.29. The first-order valence-corrected chi connectivity index (χ1v) is 9.09. The van der Waals surface area contributed by atoms with Gasteiger partial charge in [-0.1, -0.05) is 24.3 Å². The summed E-state index contributed by atoms with van der Waals surface area (Å²) in [6.07, 6.45) is 6.73. The minimum atomic E-state index is -0.0242. The number of amides is 2. The van der Waals surface area contributed by atoms with E-state index in [1.807, 2.05) is 53.0 Å². The van der Waals surface area contributed by atoms with Gasteiger partial charge in [0.1, 0.15) is 0 Å². The van der Waals surface area contributed by atoms with E-state index in [1.165, 1.54) is 0 Å². The molecule has 0 aliphatic carbocycles. The number of piperidine rings is 1. The highest BCUT2D eigenvalue weighted by molar-refractivity contribution is 5.82. The molecule has 1 atom stereocenters. The van der Waals surface area contributed by atoms with Crippen molar-refractivity contribution in [3.63, 3.8) is 0 Å². The Balaban J connectivity index is 1.50. The number of pyridine rings is 1. The van der Waals surface area contributed by atoms with Crippen LogP contribution >= 0.6 is 0 Å². The first-order valence-electron chi connectivity index (χ1n) is 9.09. The lowest BCUT2D eigenvalue weighted by Gasteiger charge is -2.35. The molecule has 3 heterocycles. The first kappa shape index (κ1) is 16.6. The van der Waals surface area contributed by atoms with Crippen molar-refractivity contribution >= 4 is 16.9 Å². The number of rotatable bonds is 3. The van der Waals surface area contributed by atoms with Crippen molar-refractivity contribution in [2.45, 2.75) is 31.8 Å². The Morgan fingerprint density at radius 1 is 1.19 bits per heavy atom. The number of carbonyl (C=O) groups excluding carboxylic acids is 1. The predicted molar refractivity (Wildman–Crippen MR) is 100 cm³/mol. The Labute approximate surface area is 152 Å². The molecule has 0 saturated carbocycles. The Kier molecular flexibility index (Phi) is 4.56. The van der Waals surface area contributed by atoms with Crippen LogP contribution in [0.3, 0.4) is 0 Å². The van der Waals surface area contributed by atoms with Crippen LogP contribution in [0.2, 0.25) is 0 Å². The molecule has 1 aromatic carbocycles. The van der Waals surface area contributed by atoms with Crippen LogP contribution in [0.5, 0.6) is 0 Å². The average molecular weight is 349 g/mol. The summed E-state index contributed by atoms with van der Waals surface area (Å²) in [5.41, 5.74) is 3.06. The summed E-state index contributed by atoms with van der Waals surface area (Å²) < 4.78 is 1.87. The van der Waals surface area contributed by atoms with Gasteiger partial charge in [-0.3, -0.25) is 9.67 Å². The average Bonchev–Trinajstić information content (AvgIpc) is 3.12. The third-order valence-electron chi connectivity index (χ3n) is 5.11. The molecule has 2 aromatic heterocycles. The molecule has 2 amide bonds. The standard InChI is InChI=1S/C20H23N5O/c1-24-17(10-12-23-24)18-9-2-3-13-25(18)20(26)22-14-16-7-4-6-15-8-5-11-21-19(15)16/h4-8,10-12,18H,2-3,9,13-14H2,1H3,(H,22,26)/t18-/m0/s1.